The highest BCUT2D eigenvalue weighted by Crippen LogP contribution is 2.28. The number of nitrogens with one attached hydrogen (secondary N) is 1. The van der Waals surface area contributed by atoms with Gasteiger partial charge in [0.2, 0.25) is 5.91 Å². The van der Waals surface area contributed by atoms with Gasteiger partial charge in [0, 0.05) is 18.6 Å². The molecular weight excluding hydrogens is 214 g/mol. The van der Waals surface area contributed by atoms with E-state index in [1.54, 1.807) is 6.92 Å². The Morgan fingerprint density at radius 1 is 1.40 bits per heavy atom. The van der Waals surface area contributed by atoms with Crippen LogP contribution in [0.2, 0.25) is 0 Å². The van der Waals surface area contributed by atoms with E-state index in [4.69, 9.17) is 5.73 Å². The Kier molecular flexibility index (Phi) is 4.37. The quantitative estimate of drug-likeness (QED) is 0.676. The number of halogens is 1. The fourth-order valence-corrected chi connectivity index (χ4v) is 2.58. The number of carbonyl (C=O) groups excluding carboxylic acids is 1. The molecule has 0 radical (unpaired) electrons. The first-order valence-corrected chi connectivity index (χ1v) is 5.48. The number of hydrogen-bond donors (Lipinski definition) is 2. The second-order valence-electron chi connectivity index (χ2n) is 4.41. The second-order valence-corrected chi connectivity index (χ2v) is 4.41. The lowest BCUT2D eigenvalue weighted by Gasteiger charge is -2.29. The SMILES string of the molecule is C[C@@H](N)C(=O)N1C2CCNCC1CC2.Cl. The van der Waals surface area contributed by atoms with Gasteiger partial charge in [0.05, 0.1) is 6.04 Å². The molecule has 0 aliphatic carbocycles. The fraction of sp³-hybridized carbons (Fsp3) is 0.900. The molecule has 2 aliphatic heterocycles. The van der Waals surface area contributed by atoms with Crippen molar-refractivity contribution in [1.29, 1.82) is 0 Å². The van der Waals surface area contributed by atoms with Crippen LogP contribution < -0.4 is 11.1 Å². The molecule has 2 heterocycles. The lowest BCUT2D eigenvalue weighted by atomic mass is 10.1. The molecule has 88 valence electrons. The van der Waals surface area contributed by atoms with Crippen LogP contribution in [0.5, 0.6) is 0 Å². The molecule has 2 rings (SSSR count). The molecule has 3 N–H and O–H groups in total. The molecule has 15 heavy (non-hydrogen) atoms. The zero-order valence-electron chi connectivity index (χ0n) is 9.11. The molecular formula is C10H20ClN3O. The zero-order valence-corrected chi connectivity index (χ0v) is 9.93. The fourth-order valence-electron chi connectivity index (χ4n) is 2.58. The summed E-state index contributed by atoms with van der Waals surface area (Å²) < 4.78 is 0. The van der Waals surface area contributed by atoms with Gasteiger partial charge in [-0.25, -0.2) is 0 Å². The van der Waals surface area contributed by atoms with Gasteiger partial charge >= 0.3 is 0 Å². The van der Waals surface area contributed by atoms with E-state index in [1.807, 2.05) is 4.90 Å². The molecule has 0 spiro atoms. The minimum Gasteiger partial charge on any atom is -0.334 e. The van der Waals surface area contributed by atoms with E-state index >= 15 is 0 Å². The minimum atomic E-state index is -0.351. The molecule has 3 atom stereocenters. The summed E-state index contributed by atoms with van der Waals surface area (Å²) in [4.78, 5) is 13.9. The van der Waals surface area contributed by atoms with Crippen molar-refractivity contribution in [2.45, 2.75) is 44.3 Å². The molecule has 5 heteroatoms. The molecule has 0 aromatic carbocycles. The highest BCUT2D eigenvalue weighted by atomic mass is 35.5. The van der Waals surface area contributed by atoms with Gasteiger partial charge in [0.15, 0.2) is 0 Å². The predicted molar refractivity (Wildman–Crippen MR) is 62.0 cm³/mol. The number of nitrogens with zero attached hydrogens (tertiary/aromatic N) is 1. The van der Waals surface area contributed by atoms with E-state index < -0.39 is 0 Å². The van der Waals surface area contributed by atoms with Gasteiger partial charge < -0.3 is 16.0 Å². The molecule has 2 saturated heterocycles. The Labute approximate surface area is 97.0 Å². The maximum absolute atomic E-state index is 11.9. The third kappa shape index (κ3) is 2.44. The molecule has 2 unspecified atom stereocenters. The second kappa shape index (κ2) is 5.14. The van der Waals surface area contributed by atoms with Gasteiger partial charge in [0.25, 0.3) is 0 Å². The van der Waals surface area contributed by atoms with Crippen LogP contribution in [-0.2, 0) is 4.79 Å². The number of fused-ring (bicyclic) bond motifs is 2. The topological polar surface area (TPSA) is 58.4 Å². The van der Waals surface area contributed by atoms with Crippen LogP contribution in [0, 0.1) is 0 Å². The van der Waals surface area contributed by atoms with Crippen LogP contribution in [0.4, 0.5) is 0 Å². The Hall–Kier alpha value is -0.320. The number of rotatable bonds is 1. The summed E-state index contributed by atoms with van der Waals surface area (Å²) in [5.74, 6) is 0.126. The summed E-state index contributed by atoms with van der Waals surface area (Å²) in [7, 11) is 0. The third-order valence-electron chi connectivity index (χ3n) is 3.30. The Morgan fingerprint density at radius 2 is 2.07 bits per heavy atom. The monoisotopic (exact) mass is 233 g/mol. The van der Waals surface area contributed by atoms with Crippen molar-refractivity contribution in [3.05, 3.63) is 0 Å². The average Bonchev–Trinajstić information content (AvgIpc) is 2.38. The summed E-state index contributed by atoms with van der Waals surface area (Å²) in [5.41, 5.74) is 5.66. The molecule has 2 fully saturated rings. The molecule has 4 nitrogen and oxygen atoms in total. The van der Waals surface area contributed by atoms with E-state index in [9.17, 15) is 4.79 Å². The molecule has 0 aromatic heterocycles. The summed E-state index contributed by atoms with van der Waals surface area (Å²) in [6.45, 7) is 3.75. The first-order chi connectivity index (χ1) is 6.70. The minimum absolute atomic E-state index is 0. The van der Waals surface area contributed by atoms with Crippen molar-refractivity contribution < 1.29 is 4.79 Å². The highest BCUT2D eigenvalue weighted by molar-refractivity contribution is 5.85. The summed E-state index contributed by atoms with van der Waals surface area (Å²) in [6.07, 6.45) is 3.37. The van der Waals surface area contributed by atoms with E-state index in [0.717, 1.165) is 32.4 Å². The van der Waals surface area contributed by atoms with Crippen LogP contribution in [0.1, 0.15) is 26.2 Å². The van der Waals surface area contributed by atoms with Crippen LogP contribution in [0.15, 0.2) is 0 Å². The number of nitrogens with two attached hydrogens (primary N) is 1. The maximum atomic E-state index is 11.9. The molecule has 0 saturated carbocycles. The van der Waals surface area contributed by atoms with E-state index in [2.05, 4.69) is 5.32 Å². The average molecular weight is 234 g/mol. The molecule has 2 bridgehead atoms. The third-order valence-corrected chi connectivity index (χ3v) is 3.30. The van der Waals surface area contributed by atoms with E-state index in [-0.39, 0.29) is 24.4 Å². The van der Waals surface area contributed by atoms with Crippen molar-refractivity contribution in [2.75, 3.05) is 13.1 Å². The number of carbonyl (C=O) groups is 1. The first-order valence-electron chi connectivity index (χ1n) is 5.48. The lowest BCUT2D eigenvalue weighted by molar-refractivity contribution is -0.134. The summed E-state index contributed by atoms with van der Waals surface area (Å²) >= 11 is 0. The number of amides is 1. The molecule has 1 amide bonds. The Bertz CT molecular complexity index is 221. The van der Waals surface area contributed by atoms with Crippen molar-refractivity contribution in [2.24, 2.45) is 5.73 Å². The normalized spacial score (nSPS) is 31.7. The van der Waals surface area contributed by atoms with Crippen molar-refractivity contribution in [3.8, 4) is 0 Å². The van der Waals surface area contributed by atoms with Crippen LogP contribution in [0.25, 0.3) is 0 Å². The first kappa shape index (κ1) is 12.7. The predicted octanol–water partition coefficient (Wildman–Crippen LogP) is 0.108. The van der Waals surface area contributed by atoms with Crippen molar-refractivity contribution in [1.82, 2.24) is 10.2 Å². The number of hydrogen-bond acceptors (Lipinski definition) is 3. The zero-order chi connectivity index (χ0) is 10.1. The largest absolute Gasteiger partial charge is 0.334 e. The van der Waals surface area contributed by atoms with Crippen LogP contribution in [0.3, 0.4) is 0 Å². The molecule has 0 aromatic rings. The molecule has 2 aliphatic rings. The van der Waals surface area contributed by atoms with Gasteiger partial charge in [-0.1, -0.05) is 0 Å². The standard InChI is InChI=1S/C10H19N3O.ClH/c1-7(11)10(14)13-8-2-3-9(13)6-12-5-4-8;/h7-9,12H,2-6,11H2,1H3;1H/t7-,8?,9?;/m1./s1. The summed E-state index contributed by atoms with van der Waals surface area (Å²) in [6, 6.07) is 0.477. The summed E-state index contributed by atoms with van der Waals surface area (Å²) in [5, 5.41) is 3.37. The van der Waals surface area contributed by atoms with Gasteiger partial charge in [-0.05, 0) is 32.7 Å². The van der Waals surface area contributed by atoms with E-state index in [0.29, 0.717) is 12.1 Å². The van der Waals surface area contributed by atoms with Crippen LogP contribution >= 0.6 is 12.4 Å². The van der Waals surface area contributed by atoms with Gasteiger partial charge in [0.1, 0.15) is 0 Å². The van der Waals surface area contributed by atoms with Crippen molar-refractivity contribution >= 4 is 18.3 Å². The van der Waals surface area contributed by atoms with Gasteiger partial charge in [-0.3, -0.25) is 4.79 Å². The van der Waals surface area contributed by atoms with Gasteiger partial charge in [-0.15, -0.1) is 12.4 Å². The Morgan fingerprint density at radius 3 is 2.73 bits per heavy atom. The van der Waals surface area contributed by atoms with E-state index in [1.165, 1.54) is 0 Å². The van der Waals surface area contributed by atoms with Crippen LogP contribution in [-0.4, -0.2) is 42.0 Å². The Balaban J connectivity index is 0.00000112. The van der Waals surface area contributed by atoms with Crippen molar-refractivity contribution in [3.63, 3.8) is 0 Å². The highest BCUT2D eigenvalue weighted by Gasteiger charge is 2.38. The smallest absolute Gasteiger partial charge is 0.239 e. The van der Waals surface area contributed by atoms with Gasteiger partial charge in [-0.2, -0.15) is 0 Å². The lowest BCUT2D eigenvalue weighted by Crippen LogP contribution is -2.49. The maximum Gasteiger partial charge on any atom is 0.239 e.